The van der Waals surface area contributed by atoms with E-state index in [4.69, 9.17) is 4.42 Å². The minimum Gasteiger partial charge on any atom is -0.467 e. The Morgan fingerprint density at radius 2 is 1.94 bits per heavy atom. The van der Waals surface area contributed by atoms with Crippen LogP contribution >= 0.6 is 11.8 Å². The molecule has 0 unspecified atom stereocenters. The summed E-state index contributed by atoms with van der Waals surface area (Å²) in [5, 5.41) is 4.02. The highest BCUT2D eigenvalue weighted by atomic mass is 32.2. The number of nitrogens with one attached hydrogen (secondary N) is 1. The summed E-state index contributed by atoms with van der Waals surface area (Å²) < 4.78 is 5.28. The van der Waals surface area contributed by atoms with E-state index in [1.165, 1.54) is 5.56 Å². The molecule has 0 saturated heterocycles. The smallest absolute Gasteiger partial charge is 0.122 e. The fourth-order valence-electron chi connectivity index (χ4n) is 1.58. The third-order valence-corrected chi connectivity index (χ3v) is 3.75. The zero-order valence-electron chi connectivity index (χ0n) is 10.8. The van der Waals surface area contributed by atoms with Gasteiger partial charge in [0, 0.05) is 11.4 Å². The van der Waals surface area contributed by atoms with E-state index in [0.717, 1.165) is 23.7 Å². The van der Waals surface area contributed by atoms with E-state index >= 15 is 0 Å². The van der Waals surface area contributed by atoms with Crippen LogP contribution in [0.15, 0.2) is 47.1 Å². The fourth-order valence-corrected chi connectivity index (χ4v) is 2.30. The van der Waals surface area contributed by atoms with Gasteiger partial charge in [-0.15, -0.1) is 0 Å². The summed E-state index contributed by atoms with van der Waals surface area (Å²) in [5.41, 5.74) is 2.50. The first-order chi connectivity index (χ1) is 8.74. The van der Waals surface area contributed by atoms with Crippen LogP contribution in [0.4, 0.5) is 5.69 Å². The maximum atomic E-state index is 5.28. The summed E-state index contributed by atoms with van der Waals surface area (Å²) in [4.78, 5) is 0. The normalized spacial score (nSPS) is 10.8. The maximum absolute atomic E-state index is 5.28. The minimum atomic E-state index is 0.682. The number of thioether (sulfide) groups is 1. The van der Waals surface area contributed by atoms with Crippen molar-refractivity contribution in [3.63, 3.8) is 0 Å². The SMILES string of the molecule is CC(C)SCc1ccc(NCc2ccco2)cc1. The first-order valence-electron chi connectivity index (χ1n) is 6.21. The third-order valence-electron chi connectivity index (χ3n) is 2.58. The zero-order valence-corrected chi connectivity index (χ0v) is 11.7. The van der Waals surface area contributed by atoms with E-state index in [1.54, 1.807) is 6.26 Å². The maximum Gasteiger partial charge on any atom is 0.122 e. The molecule has 1 heterocycles. The van der Waals surface area contributed by atoms with Gasteiger partial charge in [-0.25, -0.2) is 0 Å². The molecule has 0 aliphatic heterocycles. The number of anilines is 1. The highest BCUT2D eigenvalue weighted by Crippen LogP contribution is 2.19. The number of benzene rings is 1. The highest BCUT2D eigenvalue weighted by Gasteiger charge is 1.99. The van der Waals surface area contributed by atoms with Crippen LogP contribution in [0, 0.1) is 0 Å². The van der Waals surface area contributed by atoms with Crippen molar-refractivity contribution >= 4 is 17.4 Å². The van der Waals surface area contributed by atoms with Crippen molar-refractivity contribution in [2.45, 2.75) is 31.4 Å². The van der Waals surface area contributed by atoms with Gasteiger partial charge in [0.25, 0.3) is 0 Å². The molecule has 0 atom stereocenters. The standard InChI is InChI=1S/C15H19NOS/c1-12(2)18-11-13-5-7-14(8-6-13)16-10-15-4-3-9-17-15/h3-9,12,16H,10-11H2,1-2H3. The van der Waals surface area contributed by atoms with Gasteiger partial charge < -0.3 is 9.73 Å². The van der Waals surface area contributed by atoms with Crippen LogP contribution < -0.4 is 5.32 Å². The Labute approximate surface area is 113 Å². The Bertz CT molecular complexity index is 448. The molecule has 96 valence electrons. The van der Waals surface area contributed by atoms with E-state index < -0.39 is 0 Å². The fraction of sp³-hybridized carbons (Fsp3) is 0.333. The topological polar surface area (TPSA) is 25.2 Å². The zero-order chi connectivity index (χ0) is 12.8. The van der Waals surface area contributed by atoms with E-state index in [1.807, 2.05) is 23.9 Å². The second kappa shape index (κ2) is 6.55. The molecule has 1 aromatic carbocycles. The number of hydrogen-bond donors (Lipinski definition) is 1. The average molecular weight is 261 g/mol. The highest BCUT2D eigenvalue weighted by molar-refractivity contribution is 7.99. The summed E-state index contributed by atoms with van der Waals surface area (Å²) in [6.07, 6.45) is 1.70. The van der Waals surface area contributed by atoms with Gasteiger partial charge >= 0.3 is 0 Å². The van der Waals surface area contributed by atoms with Crippen LogP contribution in [0.1, 0.15) is 25.2 Å². The summed E-state index contributed by atoms with van der Waals surface area (Å²) in [7, 11) is 0. The van der Waals surface area contributed by atoms with Crippen LogP contribution in [0.5, 0.6) is 0 Å². The number of hydrogen-bond acceptors (Lipinski definition) is 3. The van der Waals surface area contributed by atoms with Crippen molar-refractivity contribution in [2.24, 2.45) is 0 Å². The Morgan fingerprint density at radius 1 is 1.17 bits per heavy atom. The van der Waals surface area contributed by atoms with Gasteiger partial charge in [0.2, 0.25) is 0 Å². The minimum absolute atomic E-state index is 0.682. The number of furan rings is 1. The van der Waals surface area contributed by atoms with Crippen molar-refractivity contribution in [1.29, 1.82) is 0 Å². The Kier molecular flexibility index (Phi) is 4.76. The Morgan fingerprint density at radius 3 is 2.56 bits per heavy atom. The lowest BCUT2D eigenvalue weighted by Gasteiger charge is -2.07. The lowest BCUT2D eigenvalue weighted by atomic mass is 10.2. The second-order valence-electron chi connectivity index (χ2n) is 4.49. The lowest BCUT2D eigenvalue weighted by Crippen LogP contribution is -1.98. The molecule has 0 fully saturated rings. The summed E-state index contributed by atoms with van der Waals surface area (Å²) in [6, 6.07) is 12.5. The molecule has 0 bridgehead atoms. The van der Waals surface area contributed by atoms with Gasteiger partial charge in [0.05, 0.1) is 12.8 Å². The van der Waals surface area contributed by atoms with Gasteiger partial charge in [-0.3, -0.25) is 0 Å². The van der Waals surface area contributed by atoms with Gasteiger partial charge in [-0.2, -0.15) is 11.8 Å². The molecule has 0 radical (unpaired) electrons. The molecule has 0 saturated carbocycles. The molecule has 3 heteroatoms. The predicted octanol–water partition coefficient (Wildman–Crippen LogP) is 4.53. The molecule has 2 aromatic rings. The van der Waals surface area contributed by atoms with Crippen molar-refractivity contribution in [3.05, 3.63) is 54.0 Å². The van der Waals surface area contributed by atoms with E-state index in [2.05, 4.69) is 43.4 Å². The Hall–Kier alpha value is -1.35. The van der Waals surface area contributed by atoms with Gasteiger partial charge in [-0.05, 0) is 35.1 Å². The van der Waals surface area contributed by atoms with Gasteiger partial charge in [0.1, 0.15) is 5.76 Å². The lowest BCUT2D eigenvalue weighted by molar-refractivity contribution is 0.518. The van der Waals surface area contributed by atoms with Gasteiger partial charge in [0.15, 0.2) is 0 Å². The molecule has 2 rings (SSSR count). The second-order valence-corrected chi connectivity index (χ2v) is 6.05. The molecule has 1 N–H and O–H groups in total. The van der Waals surface area contributed by atoms with Crippen molar-refractivity contribution in [2.75, 3.05) is 5.32 Å². The molecule has 0 aliphatic rings. The van der Waals surface area contributed by atoms with Crippen LogP contribution in [0.25, 0.3) is 0 Å². The van der Waals surface area contributed by atoms with Gasteiger partial charge in [-0.1, -0.05) is 26.0 Å². The van der Waals surface area contributed by atoms with E-state index in [-0.39, 0.29) is 0 Å². The van der Waals surface area contributed by atoms with Crippen LogP contribution in [-0.4, -0.2) is 5.25 Å². The van der Waals surface area contributed by atoms with Crippen molar-refractivity contribution < 1.29 is 4.42 Å². The van der Waals surface area contributed by atoms with Crippen LogP contribution in [0.2, 0.25) is 0 Å². The molecule has 0 amide bonds. The van der Waals surface area contributed by atoms with Crippen LogP contribution in [0.3, 0.4) is 0 Å². The third kappa shape index (κ3) is 4.15. The largest absolute Gasteiger partial charge is 0.467 e. The summed E-state index contributed by atoms with van der Waals surface area (Å²) >= 11 is 1.97. The predicted molar refractivity (Wildman–Crippen MR) is 78.9 cm³/mol. The molecule has 2 nitrogen and oxygen atoms in total. The molecular weight excluding hydrogens is 242 g/mol. The van der Waals surface area contributed by atoms with E-state index in [9.17, 15) is 0 Å². The molecule has 1 aromatic heterocycles. The molecule has 0 aliphatic carbocycles. The first-order valence-corrected chi connectivity index (χ1v) is 7.26. The Balaban J connectivity index is 1.83. The molecule has 18 heavy (non-hydrogen) atoms. The molecule has 0 spiro atoms. The first kappa shape index (κ1) is 13.1. The summed E-state index contributed by atoms with van der Waals surface area (Å²) in [6.45, 7) is 5.18. The monoisotopic (exact) mass is 261 g/mol. The van der Waals surface area contributed by atoms with Crippen molar-refractivity contribution in [1.82, 2.24) is 0 Å². The van der Waals surface area contributed by atoms with E-state index in [0.29, 0.717) is 5.25 Å². The quantitative estimate of drug-likeness (QED) is 0.827. The summed E-state index contributed by atoms with van der Waals surface area (Å²) in [5.74, 6) is 2.03. The average Bonchev–Trinajstić information content (AvgIpc) is 2.88. The number of rotatable bonds is 6. The van der Waals surface area contributed by atoms with Crippen LogP contribution in [-0.2, 0) is 12.3 Å². The van der Waals surface area contributed by atoms with Crippen molar-refractivity contribution in [3.8, 4) is 0 Å². The molecular formula is C15H19NOS.